The molecule has 0 unspecified atom stereocenters. The van der Waals surface area contributed by atoms with E-state index in [-0.39, 0.29) is 11.4 Å². The van der Waals surface area contributed by atoms with Gasteiger partial charge in [-0.3, -0.25) is 4.79 Å². The van der Waals surface area contributed by atoms with Gasteiger partial charge in [0.1, 0.15) is 11.3 Å². The van der Waals surface area contributed by atoms with Crippen molar-refractivity contribution in [2.24, 2.45) is 0 Å². The van der Waals surface area contributed by atoms with Gasteiger partial charge in [0.2, 0.25) is 5.91 Å². The first-order valence-corrected chi connectivity index (χ1v) is 10.3. The number of hydrogen-bond acceptors (Lipinski definition) is 5. The number of hydrogen-bond donors (Lipinski definition) is 4. The number of rotatable bonds is 5. The second kappa shape index (κ2) is 7.68. The number of furan rings is 1. The van der Waals surface area contributed by atoms with Gasteiger partial charge in [-0.2, -0.15) is 0 Å². The summed E-state index contributed by atoms with van der Waals surface area (Å²) in [4.78, 5) is 10.9. The molecule has 1 aliphatic heterocycles. The molecule has 1 aromatic heterocycles. The van der Waals surface area contributed by atoms with Crippen LogP contribution >= 0.6 is 11.6 Å². The van der Waals surface area contributed by atoms with Gasteiger partial charge < -0.3 is 25.7 Å². The van der Waals surface area contributed by atoms with Gasteiger partial charge in [0.05, 0.1) is 28.6 Å². The van der Waals surface area contributed by atoms with Crippen LogP contribution in [-0.2, 0) is 16.9 Å². The normalized spacial score (nSPS) is 17.9. The van der Waals surface area contributed by atoms with E-state index in [0.717, 1.165) is 46.6 Å². The molecule has 28 heavy (non-hydrogen) atoms. The molecule has 1 amide bonds. The molecule has 2 aromatic rings. The maximum Gasteiger partial charge on any atom is 0.216 e. The van der Waals surface area contributed by atoms with Crippen LogP contribution in [0.4, 0.5) is 5.69 Å². The fraction of sp³-hybridized carbons (Fsp3) is 0.476. The minimum absolute atomic E-state index is 0.0221. The highest BCUT2D eigenvalue weighted by molar-refractivity contribution is 6.34. The van der Waals surface area contributed by atoms with Crippen molar-refractivity contribution in [3.8, 4) is 0 Å². The van der Waals surface area contributed by atoms with Crippen molar-refractivity contribution in [3.05, 3.63) is 40.9 Å². The molecular weight excluding hydrogens is 376 g/mol. The molecular formula is C21H27ClN4O2. The van der Waals surface area contributed by atoms with Crippen LogP contribution in [0.2, 0.25) is 5.02 Å². The van der Waals surface area contributed by atoms with Crippen molar-refractivity contribution in [2.75, 3.05) is 18.4 Å². The highest BCUT2D eigenvalue weighted by Crippen LogP contribution is 2.49. The average Bonchev–Trinajstić information content (AvgIpc) is 3.04. The summed E-state index contributed by atoms with van der Waals surface area (Å²) in [6.45, 7) is 7.50. The number of amides is 1. The van der Waals surface area contributed by atoms with E-state index in [9.17, 15) is 4.79 Å². The highest BCUT2D eigenvalue weighted by Gasteiger charge is 2.42. The SMILES string of the molecule is C=C1Nc2c(Cl)cc3cc(CNCCNC(C)=O)oc3c2C2(CCCCC2)N1. The van der Waals surface area contributed by atoms with Crippen molar-refractivity contribution in [1.82, 2.24) is 16.0 Å². The quantitative estimate of drug-likeness (QED) is 0.569. The van der Waals surface area contributed by atoms with E-state index < -0.39 is 0 Å². The first-order chi connectivity index (χ1) is 13.5. The molecule has 0 radical (unpaired) electrons. The van der Waals surface area contributed by atoms with Gasteiger partial charge in [0.15, 0.2) is 0 Å². The minimum Gasteiger partial charge on any atom is -0.459 e. The van der Waals surface area contributed by atoms with Crippen LogP contribution in [0.25, 0.3) is 11.0 Å². The minimum atomic E-state index is -0.174. The molecule has 1 aromatic carbocycles. The van der Waals surface area contributed by atoms with Crippen LogP contribution in [0.15, 0.2) is 28.9 Å². The lowest BCUT2D eigenvalue weighted by Gasteiger charge is -2.44. The van der Waals surface area contributed by atoms with Gasteiger partial charge in [-0.25, -0.2) is 0 Å². The fourth-order valence-electron chi connectivity index (χ4n) is 4.47. The number of anilines is 1. The maximum atomic E-state index is 10.9. The van der Waals surface area contributed by atoms with Gasteiger partial charge in [-0.15, -0.1) is 0 Å². The lowest BCUT2D eigenvalue weighted by Crippen LogP contribution is -2.48. The number of carbonyl (C=O) groups excluding carboxylic acids is 1. The summed E-state index contributed by atoms with van der Waals surface area (Å²) in [5, 5.41) is 14.7. The molecule has 0 bridgehead atoms. The fourth-order valence-corrected chi connectivity index (χ4v) is 4.73. The molecule has 1 spiro atoms. The molecule has 1 fully saturated rings. The lowest BCUT2D eigenvalue weighted by atomic mass is 9.74. The van der Waals surface area contributed by atoms with Crippen molar-refractivity contribution in [1.29, 1.82) is 0 Å². The second-order valence-corrected chi connectivity index (χ2v) is 8.18. The average molecular weight is 403 g/mol. The van der Waals surface area contributed by atoms with E-state index in [0.29, 0.717) is 24.7 Å². The maximum absolute atomic E-state index is 10.9. The Morgan fingerprint density at radius 2 is 2.07 bits per heavy atom. The molecule has 1 saturated carbocycles. The van der Waals surface area contributed by atoms with Crippen LogP contribution in [0.3, 0.4) is 0 Å². The van der Waals surface area contributed by atoms with E-state index in [1.165, 1.54) is 26.2 Å². The van der Waals surface area contributed by atoms with E-state index in [1.54, 1.807) is 0 Å². The van der Waals surface area contributed by atoms with Crippen LogP contribution in [0.5, 0.6) is 0 Å². The summed E-state index contributed by atoms with van der Waals surface area (Å²) in [6.07, 6.45) is 5.68. The summed E-state index contributed by atoms with van der Waals surface area (Å²) >= 11 is 6.64. The molecule has 7 heteroatoms. The predicted molar refractivity (Wildman–Crippen MR) is 112 cm³/mol. The van der Waals surface area contributed by atoms with E-state index >= 15 is 0 Å². The Hall–Kier alpha value is -2.18. The Bertz CT molecular complexity index is 915. The molecule has 4 N–H and O–H groups in total. The molecule has 2 heterocycles. The Kier molecular flexibility index (Phi) is 5.25. The third kappa shape index (κ3) is 3.59. The summed E-state index contributed by atoms with van der Waals surface area (Å²) in [7, 11) is 0. The van der Waals surface area contributed by atoms with Crippen LogP contribution in [0.1, 0.15) is 50.4 Å². The van der Waals surface area contributed by atoms with Crippen molar-refractivity contribution >= 4 is 34.2 Å². The molecule has 150 valence electrons. The third-order valence-corrected chi connectivity index (χ3v) is 5.93. The highest BCUT2D eigenvalue weighted by atomic mass is 35.5. The summed E-state index contributed by atoms with van der Waals surface area (Å²) < 4.78 is 6.29. The summed E-state index contributed by atoms with van der Waals surface area (Å²) in [6, 6.07) is 4.01. The smallest absolute Gasteiger partial charge is 0.216 e. The Morgan fingerprint density at radius 3 is 2.82 bits per heavy atom. The summed E-state index contributed by atoms with van der Waals surface area (Å²) in [5.41, 5.74) is 2.77. The molecule has 1 aliphatic carbocycles. The molecule has 2 aliphatic rings. The summed E-state index contributed by atoms with van der Waals surface area (Å²) in [5.74, 6) is 1.63. The third-order valence-electron chi connectivity index (χ3n) is 5.64. The zero-order chi connectivity index (χ0) is 19.7. The van der Waals surface area contributed by atoms with Crippen LogP contribution in [-0.4, -0.2) is 19.0 Å². The largest absolute Gasteiger partial charge is 0.459 e. The monoisotopic (exact) mass is 402 g/mol. The molecule has 0 atom stereocenters. The van der Waals surface area contributed by atoms with Crippen LogP contribution < -0.4 is 21.3 Å². The molecule has 0 saturated heterocycles. The Balaban J connectivity index is 1.65. The number of benzene rings is 1. The Morgan fingerprint density at radius 1 is 1.29 bits per heavy atom. The predicted octanol–water partition coefficient (Wildman–Crippen LogP) is 3.96. The van der Waals surface area contributed by atoms with Gasteiger partial charge in [0, 0.05) is 31.0 Å². The Labute approximate surface area is 170 Å². The zero-order valence-corrected chi connectivity index (χ0v) is 17.0. The standard InChI is InChI=1S/C21H27ClN4O2/c1-13-25-19-17(22)11-15-10-16(12-23-8-9-24-14(2)27)28-20(15)18(19)21(26-13)6-4-3-5-7-21/h10-11,23,25-26H,1,3-9,12H2,2H3,(H,24,27). The van der Waals surface area contributed by atoms with Gasteiger partial charge in [-0.05, 0) is 25.0 Å². The topological polar surface area (TPSA) is 78.3 Å². The zero-order valence-electron chi connectivity index (χ0n) is 16.2. The first-order valence-electron chi connectivity index (χ1n) is 9.93. The lowest BCUT2D eigenvalue weighted by molar-refractivity contribution is -0.118. The van der Waals surface area contributed by atoms with Crippen molar-refractivity contribution in [3.63, 3.8) is 0 Å². The van der Waals surface area contributed by atoms with Crippen LogP contribution in [0, 0.1) is 0 Å². The number of carbonyl (C=O) groups is 1. The molecule has 6 nitrogen and oxygen atoms in total. The van der Waals surface area contributed by atoms with Crippen molar-refractivity contribution in [2.45, 2.75) is 51.1 Å². The first kappa shape index (κ1) is 19.2. The molecule has 4 rings (SSSR count). The van der Waals surface area contributed by atoms with E-state index in [2.05, 4.69) is 27.8 Å². The van der Waals surface area contributed by atoms with Gasteiger partial charge >= 0.3 is 0 Å². The van der Waals surface area contributed by atoms with E-state index in [4.69, 9.17) is 16.0 Å². The van der Waals surface area contributed by atoms with E-state index in [1.807, 2.05) is 12.1 Å². The number of fused-ring (bicyclic) bond motifs is 4. The van der Waals surface area contributed by atoms with Gasteiger partial charge in [-0.1, -0.05) is 37.4 Å². The second-order valence-electron chi connectivity index (χ2n) is 7.77. The number of halogens is 1. The number of nitrogens with one attached hydrogen (secondary N) is 4. The van der Waals surface area contributed by atoms with Crippen molar-refractivity contribution < 1.29 is 9.21 Å². The van der Waals surface area contributed by atoms with Gasteiger partial charge in [0.25, 0.3) is 0 Å².